The maximum Gasteiger partial charge on any atom is 0.397 e. The van der Waals surface area contributed by atoms with Gasteiger partial charge in [-0.1, -0.05) is 96.8 Å². The molecular weight excluding hydrogens is 550 g/mol. The highest BCUT2D eigenvalue weighted by Crippen LogP contribution is 2.14. The first kappa shape index (κ1) is 45.3. The summed E-state index contributed by atoms with van der Waals surface area (Å²) in [5.74, 6) is 0.401. The number of nitrogens with zero attached hydrogens (tertiary/aromatic N) is 1. The molecule has 0 aromatic carbocycles. The Morgan fingerprint density at radius 1 is 0.769 bits per heavy atom. The van der Waals surface area contributed by atoms with E-state index in [0.29, 0.717) is 18.9 Å². The number of likely N-dealkylation sites (N-methyl/N-ethyl adjacent to an activating group) is 1. The van der Waals surface area contributed by atoms with Crippen molar-refractivity contribution in [3.63, 3.8) is 0 Å². The maximum atomic E-state index is 12.0. The molecule has 6 N–H and O–H groups in total. The third-order valence-electron chi connectivity index (χ3n) is 5.81. The van der Waals surface area contributed by atoms with Crippen LogP contribution in [-0.2, 0) is 34.0 Å². The predicted octanol–water partition coefficient (Wildman–Crippen LogP) is 4.54. The lowest BCUT2D eigenvalue weighted by Crippen LogP contribution is -2.46. The highest BCUT2D eigenvalue weighted by atomic mass is 32.3. The van der Waals surface area contributed by atoms with Crippen molar-refractivity contribution in [2.75, 3.05) is 47.9 Å². The van der Waals surface area contributed by atoms with E-state index in [1.165, 1.54) is 89.9 Å². The molecule has 0 radical (unpaired) electrons. The van der Waals surface area contributed by atoms with Gasteiger partial charge in [0.1, 0.15) is 6.54 Å². The fourth-order valence-electron chi connectivity index (χ4n) is 3.68. The van der Waals surface area contributed by atoms with E-state index in [-0.39, 0.29) is 6.15 Å². The molecule has 240 valence electrons. The summed E-state index contributed by atoms with van der Waals surface area (Å²) >= 11 is 0. The van der Waals surface area contributed by atoms with Gasteiger partial charge >= 0.3 is 10.4 Å². The fourth-order valence-corrected chi connectivity index (χ4v) is 3.68. The van der Waals surface area contributed by atoms with Crippen molar-refractivity contribution in [1.82, 2.24) is 6.15 Å². The van der Waals surface area contributed by atoms with Crippen LogP contribution in [0.25, 0.3) is 0 Å². The lowest BCUT2D eigenvalue weighted by atomic mass is 10.0. The topological polar surface area (TPSA) is 208 Å². The van der Waals surface area contributed by atoms with Crippen LogP contribution in [0.3, 0.4) is 0 Å². The molecule has 0 bridgehead atoms. The summed E-state index contributed by atoms with van der Waals surface area (Å²) in [6.07, 6.45) is 21.3. The molecule has 0 fully saturated rings. The molecule has 14 heteroatoms. The van der Waals surface area contributed by atoms with Crippen molar-refractivity contribution >= 4 is 26.6 Å². The van der Waals surface area contributed by atoms with Gasteiger partial charge in [-0.15, -0.1) is 0 Å². The van der Waals surface area contributed by atoms with Crippen LogP contribution < -0.4 is 11.9 Å². The minimum atomic E-state index is -4.41. The normalized spacial score (nSPS) is 11.5. The number of Topliss-reactive ketones (excluding diaryl/α,β-unsaturated/α-hetero) is 1. The molecule has 0 atom stereocenters. The zero-order chi connectivity index (χ0) is 29.9. The van der Waals surface area contributed by atoms with Crippen LogP contribution in [0.5, 0.6) is 0 Å². The van der Waals surface area contributed by atoms with Crippen LogP contribution in [0.2, 0.25) is 0 Å². The van der Waals surface area contributed by atoms with Crippen LogP contribution in [0.4, 0.5) is 0 Å². The molecule has 0 aliphatic carbocycles. The summed E-state index contributed by atoms with van der Waals surface area (Å²) in [7, 11) is -2.71. The average molecular weight is 610 g/mol. The van der Waals surface area contributed by atoms with Crippen LogP contribution in [-0.4, -0.2) is 84.2 Å². The lowest BCUT2D eigenvalue weighted by Gasteiger charge is -2.28. The second-order valence-corrected chi connectivity index (χ2v) is 12.4. The van der Waals surface area contributed by atoms with Gasteiger partial charge in [0.2, 0.25) is 10.4 Å². The molecule has 0 unspecified atom stereocenters. The predicted molar refractivity (Wildman–Crippen MR) is 156 cm³/mol. The van der Waals surface area contributed by atoms with Crippen molar-refractivity contribution < 1.29 is 43.6 Å². The van der Waals surface area contributed by atoms with Crippen molar-refractivity contribution in [3.05, 3.63) is 0 Å². The Morgan fingerprint density at radius 3 is 1.33 bits per heavy atom. The number of ketones is 1. The number of carbonyl (C=O) groups is 1. The van der Waals surface area contributed by atoms with Gasteiger partial charge in [-0.2, -0.15) is 8.42 Å². The number of hydrogen-bond acceptors (Lipinski definition) is 10. The second kappa shape index (κ2) is 28.8. The fraction of sp³-hybridized carbons (Fsp3) is 0.960. The molecule has 0 aliphatic rings. The third kappa shape index (κ3) is 47.4. The number of rotatable bonds is 22. The minimum absolute atomic E-state index is 0. The van der Waals surface area contributed by atoms with E-state index >= 15 is 0 Å². The molecule has 0 aliphatic heterocycles. The van der Waals surface area contributed by atoms with Crippen molar-refractivity contribution in [3.8, 4) is 0 Å². The van der Waals surface area contributed by atoms with Crippen LogP contribution in [0, 0.1) is 0 Å². The van der Waals surface area contributed by atoms with Gasteiger partial charge in [-0.05, 0) is 6.42 Å². The largest absolute Gasteiger partial charge is 0.726 e. The Morgan fingerprint density at radius 2 is 1.08 bits per heavy atom. The van der Waals surface area contributed by atoms with Gasteiger partial charge in [0, 0.05) is 13.0 Å². The van der Waals surface area contributed by atoms with Crippen LogP contribution >= 0.6 is 0 Å². The highest BCUT2D eigenvalue weighted by Gasteiger charge is 2.18. The molecule has 0 saturated carbocycles. The zero-order valence-corrected chi connectivity index (χ0v) is 26.8. The molecule has 0 aromatic heterocycles. The average Bonchev–Trinajstić information content (AvgIpc) is 2.81. The summed E-state index contributed by atoms with van der Waals surface area (Å²) < 4.78 is 61.5. The van der Waals surface area contributed by atoms with Gasteiger partial charge in [-0.3, -0.25) is 17.7 Å². The summed E-state index contributed by atoms with van der Waals surface area (Å²) in [5, 5.41) is 0. The number of unbranched alkanes of at least 4 members (excludes halogenated alkanes) is 14. The second-order valence-electron chi connectivity index (χ2n) is 10.0. The van der Waals surface area contributed by atoms with Gasteiger partial charge in [0.25, 0.3) is 0 Å². The van der Waals surface area contributed by atoms with Crippen molar-refractivity contribution in [2.24, 2.45) is 5.73 Å². The Labute approximate surface area is 239 Å². The smallest absolute Gasteiger partial charge is 0.397 e. The monoisotopic (exact) mass is 609 g/mol. The molecule has 0 amide bonds. The number of quaternary nitrogens is 1. The molecule has 0 saturated heterocycles. The molecule has 0 heterocycles. The van der Waals surface area contributed by atoms with E-state index in [0.717, 1.165) is 38.1 Å². The lowest BCUT2D eigenvalue weighted by molar-refractivity contribution is -0.880. The summed E-state index contributed by atoms with van der Waals surface area (Å²) in [6, 6.07) is 0. The maximum absolute atomic E-state index is 12.0. The first-order chi connectivity index (χ1) is 17.6. The minimum Gasteiger partial charge on any atom is -0.726 e. The van der Waals surface area contributed by atoms with E-state index in [1.54, 1.807) is 0 Å². The van der Waals surface area contributed by atoms with E-state index in [1.807, 2.05) is 0 Å². The summed E-state index contributed by atoms with van der Waals surface area (Å²) in [4.78, 5) is 12.0. The van der Waals surface area contributed by atoms with Gasteiger partial charge in [-0.25, -0.2) is 8.42 Å². The van der Waals surface area contributed by atoms with Crippen LogP contribution in [0.15, 0.2) is 0 Å². The van der Waals surface area contributed by atoms with Gasteiger partial charge < -0.3 is 20.9 Å². The molecule has 39 heavy (non-hydrogen) atoms. The van der Waals surface area contributed by atoms with Crippen LogP contribution in [0.1, 0.15) is 110 Å². The standard InChI is InChI=1S/C23H49N2O.2CH4O4S.H3N/c1-4-5-6-7-8-9-10-11-12-13-14-15-16-17-18-19-23(26)22-25(2,3)21-20-24;2*1-5-6(2,3)4;/h4-22,24H2,1-3H3;2*1H3,(H,2,3,4);1H3/q+1;;;/p-1. The Hall–Kier alpha value is -0.710. The number of nitrogens with two attached hydrogens (primary N) is 1. The Balaban J connectivity index is -0.000000390. The molecule has 0 aromatic rings. The quantitative estimate of drug-likeness (QED) is 0.0671. The van der Waals surface area contributed by atoms with E-state index < -0.39 is 20.8 Å². The van der Waals surface area contributed by atoms with Gasteiger partial charge in [0.05, 0.1) is 34.9 Å². The molecule has 12 nitrogen and oxygen atoms in total. The first-order valence-corrected chi connectivity index (χ1v) is 16.4. The first-order valence-electron chi connectivity index (χ1n) is 13.7. The molecule has 0 spiro atoms. The zero-order valence-electron chi connectivity index (χ0n) is 25.2. The van der Waals surface area contributed by atoms with Crippen molar-refractivity contribution in [1.29, 1.82) is 0 Å². The Kier molecular flexibility index (Phi) is 33.4. The summed E-state index contributed by atoms with van der Waals surface area (Å²) in [5.41, 5.74) is 5.60. The van der Waals surface area contributed by atoms with Crippen molar-refractivity contribution in [2.45, 2.75) is 110 Å². The third-order valence-corrected chi connectivity index (χ3v) is 6.64. The SMILES string of the molecule is CCCCCCCCCCCCCCCCCC(=O)C[N+](C)(C)CCN.COS(=O)(=O)O.COS(=O)(=O)[O-].N. The number of hydrogen-bond donors (Lipinski definition) is 3. The van der Waals surface area contributed by atoms with E-state index in [2.05, 4.69) is 29.4 Å². The molecule has 0 rings (SSSR count). The molecular formula is C25H59N3O9S2. The number of carbonyl (C=O) groups excluding carboxylic acids is 1. The highest BCUT2D eigenvalue weighted by molar-refractivity contribution is 7.81. The summed E-state index contributed by atoms with van der Waals surface area (Å²) in [6.45, 7) is 4.45. The van der Waals surface area contributed by atoms with E-state index in [9.17, 15) is 26.2 Å². The Bertz CT molecular complexity index is 716. The van der Waals surface area contributed by atoms with Gasteiger partial charge in [0.15, 0.2) is 5.78 Å². The van der Waals surface area contributed by atoms with E-state index in [4.69, 9.17) is 10.3 Å².